The molecule has 0 aliphatic carbocycles. The van der Waals surface area contributed by atoms with Gasteiger partial charge in [0.2, 0.25) is 0 Å². The molecule has 7 nitrogen and oxygen atoms in total. The summed E-state index contributed by atoms with van der Waals surface area (Å²) in [6.07, 6.45) is 4.79. The number of hydrazone groups is 1. The number of rotatable bonds is 11. The summed E-state index contributed by atoms with van der Waals surface area (Å²) < 4.78 is 17.1. The van der Waals surface area contributed by atoms with Gasteiger partial charge in [0, 0.05) is 4.47 Å². The Morgan fingerprint density at radius 1 is 1.03 bits per heavy atom. The van der Waals surface area contributed by atoms with Gasteiger partial charge in [-0.1, -0.05) is 47.5 Å². The van der Waals surface area contributed by atoms with Gasteiger partial charge in [0.05, 0.1) is 18.9 Å². The minimum absolute atomic E-state index is 0.153. The van der Waals surface area contributed by atoms with Crippen LogP contribution in [0.2, 0.25) is 0 Å². The number of aryl methyl sites for hydroxylation is 1. The third-order valence-corrected chi connectivity index (χ3v) is 5.46. The highest BCUT2D eigenvalue weighted by Crippen LogP contribution is 2.28. The van der Waals surface area contributed by atoms with Gasteiger partial charge in [-0.05, 0) is 72.5 Å². The largest absolute Gasteiger partial charge is 0.493 e. The summed E-state index contributed by atoms with van der Waals surface area (Å²) in [6, 6.07) is 19.6. The third-order valence-electron chi connectivity index (χ3n) is 4.97. The van der Waals surface area contributed by atoms with Crippen LogP contribution in [-0.4, -0.2) is 31.8 Å². The van der Waals surface area contributed by atoms with E-state index in [0.29, 0.717) is 22.6 Å². The van der Waals surface area contributed by atoms with Crippen molar-refractivity contribution in [2.24, 2.45) is 5.10 Å². The number of hydrogen-bond donors (Lipinski definition) is 1. The molecule has 3 rings (SSSR count). The van der Waals surface area contributed by atoms with Gasteiger partial charge in [0.1, 0.15) is 5.75 Å². The van der Waals surface area contributed by atoms with Crippen LogP contribution in [0.1, 0.15) is 41.3 Å². The molecule has 182 valence electrons. The SMILES string of the molecule is CCCCc1ccc(OCC(=O)NN=Cc2ccc(OC(=O)c3cccc(Br)c3)c(OC)c2)cc1. The van der Waals surface area contributed by atoms with Crippen molar-refractivity contribution < 1.29 is 23.8 Å². The van der Waals surface area contributed by atoms with E-state index in [1.54, 1.807) is 36.4 Å². The number of nitrogens with one attached hydrogen (secondary N) is 1. The lowest BCUT2D eigenvalue weighted by molar-refractivity contribution is -0.123. The van der Waals surface area contributed by atoms with Crippen LogP contribution in [0.15, 0.2) is 76.3 Å². The summed E-state index contributed by atoms with van der Waals surface area (Å²) >= 11 is 3.33. The first-order chi connectivity index (χ1) is 17.0. The van der Waals surface area contributed by atoms with Crippen LogP contribution in [0.3, 0.4) is 0 Å². The Balaban J connectivity index is 1.51. The molecule has 35 heavy (non-hydrogen) atoms. The molecule has 0 aliphatic heterocycles. The van der Waals surface area contributed by atoms with Gasteiger partial charge in [0.25, 0.3) is 5.91 Å². The van der Waals surface area contributed by atoms with Crippen molar-refractivity contribution in [3.05, 3.63) is 87.9 Å². The zero-order valence-electron chi connectivity index (χ0n) is 19.6. The molecule has 0 saturated carbocycles. The molecule has 1 amide bonds. The average molecular weight is 539 g/mol. The molecule has 0 heterocycles. The Hall–Kier alpha value is -3.65. The van der Waals surface area contributed by atoms with E-state index in [1.165, 1.54) is 18.9 Å². The number of hydrogen-bond acceptors (Lipinski definition) is 6. The fourth-order valence-electron chi connectivity index (χ4n) is 3.12. The molecular weight excluding hydrogens is 512 g/mol. The van der Waals surface area contributed by atoms with Crippen LogP contribution in [0.5, 0.6) is 17.2 Å². The first-order valence-electron chi connectivity index (χ1n) is 11.2. The Labute approximate surface area is 213 Å². The van der Waals surface area contributed by atoms with Gasteiger partial charge in [-0.25, -0.2) is 10.2 Å². The maximum Gasteiger partial charge on any atom is 0.343 e. The van der Waals surface area contributed by atoms with Crippen LogP contribution in [0.25, 0.3) is 0 Å². The smallest absolute Gasteiger partial charge is 0.343 e. The lowest BCUT2D eigenvalue weighted by Gasteiger charge is -2.10. The maximum absolute atomic E-state index is 12.4. The van der Waals surface area contributed by atoms with Gasteiger partial charge in [0.15, 0.2) is 18.1 Å². The number of methoxy groups -OCH3 is 1. The Morgan fingerprint density at radius 3 is 2.54 bits per heavy atom. The summed E-state index contributed by atoms with van der Waals surface area (Å²) in [6.45, 7) is 2.01. The van der Waals surface area contributed by atoms with Crippen LogP contribution in [0.4, 0.5) is 0 Å². The highest BCUT2D eigenvalue weighted by atomic mass is 79.9. The van der Waals surface area contributed by atoms with Gasteiger partial charge in [-0.15, -0.1) is 0 Å². The zero-order valence-corrected chi connectivity index (χ0v) is 21.2. The van der Waals surface area contributed by atoms with E-state index in [4.69, 9.17) is 14.2 Å². The number of halogens is 1. The van der Waals surface area contributed by atoms with Crippen LogP contribution in [-0.2, 0) is 11.2 Å². The van der Waals surface area contributed by atoms with Gasteiger partial charge in [-0.3, -0.25) is 4.79 Å². The minimum Gasteiger partial charge on any atom is -0.493 e. The first-order valence-corrected chi connectivity index (χ1v) is 12.0. The molecular formula is C27H27BrN2O5. The lowest BCUT2D eigenvalue weighted by atomic mass is 10.1. The van der Waals surface area contributed by atoms with E-state index in [9.17, 15) is 9.59 Å². The summed E-state index contributed by atoms with van der Waals surface area (Å²) in [5.74, 6) is 0.362. The Morgan fingerprint density at radius 2 is 1.83 bits per heavy atom. The standard InChI is InChI=1S/C27H27BrN2O5/c1-3-4-6-19-9-12-23(13-10-19)34-18-26(31)30-29-17-20-11-14-24(25(15-20)33-2)35-27(32)21-7-5-8-22(28)16-21/h5,7-17H,3-4,6,18H2,1-2H3,(H,30,31). The number of ether oxygens (including phenoxy) is 3. The summed E-state index contributed by atoms with van der Waals surface area (Å²) in [5, 5.41) is 3.95. The molecule has 0 radical (unpaired) electrons. The third kappa shape index (κ3) is 8.26. The van der Waals surface area contributed by atoms with Crippen LogP contribution < -0.4 is 19.6 Å². The van der Waals surface area contributed by atoms with Crippen molar-refractivity contribution >= 4 is 34.0 Å². The Kier molecular flexibility index (Phi) is 9.86. The molecule has 3 aromatic carbocycles. The molecule has 0 aromatic heterocycles. The number of amides is 1. The minimum atomic E-state index is -0.506. The summed E-state index contributed by atoms with van der Waals surface area (Å²) in [5.41, 5.74) is 4.73. The zero-order chi connectivity index (χ0) is 25.0. The van der Waals surface area contributed by atoms with E-state index in [2.05, 4.69) is 33.4 Å². The molecule has 0 spiro atoms. The van der Waals surface area contributed by atoms with Crippen LogP contribution in [0, 0.1) is 0 Å². The predicted octanol–water partition coefficient (Wildman–Crippen LogP) is 5.55. The average Bonchev–Trinajstić information content (AvgIpc) is 2.87. The van der Waals surface area contributed by atoms with Crippen molar-refractivity contribution in [2.75, 3.05) is 13.7 Å². The molecule has 0 bridgehead atoms. The molecule has 3 aromatic rings. The van der Waals surface area contributed by atoms with E-state index < -0.39 is 5.97 Å². The number of nitrogens with zero attached hydrogens (tertiary/aromatic N) is 1. The van der Waals surface area contributed by atoms with Gasteiger partial charge < -0.3 is 14.2 Å². The molecule has 0 fully saturated rings. The second-order valence-electron chi connectivity index (χ2n) is 7.64. The van der Waals surface area contributed by atoms with Crippen molar-refractivity contribution in [1.29, 1.82) is 0 Å². The number of benzene rings is 3. The fraction of sp³-hybridized carbons (Fsp3) is 0.222. The van der Waals surface area contributed by atoms with E-state index in [1.807, 2.05) is 30.3 Å². The number of carbonyl (C=O) groups excluding carboxylic acids is 2. The molecule has 0 unspecified atom stereocenters. The summed E-state index contributed by atoms with van der Waals surface area (Å²) in [4.78, 5) is 24.4. The maximum atomic E-state index is 12.4. The van der Waals surface area contributed by atoms with Crippen LogP contribution >= 0.6 is 15.9 Å². The normalized spacial score (nSPS) is 10.7. The molecule has 1 N–H and O–H groups in total. The first kappa shape index (κ1) is 26.0. The molecule has 0 atom stereocenters. The second-order valence-corrected chi connectivity index (χ2v) is 8.56. The highest BCUT2D eigenvalue weighted by Gasteiger charge is 2.13. The van der Waals surface area contributed by atoms with E-state index >= 15 is 0 Å². The topological polar surface area (TPSA) is 86.2 Å². The number of unbranched alkanes of at least 4 members (excludes halogenated alkanes) is 1. The highest BCUT2D eigenvalue weighted by molar-refractivity contribution is 9.10. The van der Waals surface area contributed by atoms with E-state index in [0.717, 1.165) is 23.7 Å². The fourth-order valence-corrected chi connectivity index (χ4v) is 3.52. The van der Waals surface area contributed by atoms with Crippen molar-refractivity contribution in [2.45, 2.75) is 26.2 Å². The second kappa shape index (κ2) is 13.3. The molecule has 0 saturated heterocycles. The van der Waals surface area contributed by atoms with Gasteiger partial charge >= 0.3 is 5.97 Å². The van der Waals surface area contributed by atoms with Crippen molar-refractivity contribution in [3.63, 3.8) is 0 Å². The predicted molar refractivity (Wildman–Crippen MR) is 138 cm³/mol. The quantitative estimate of drug-likeness (QED) is 0.150. The van der Waals surface area contributed by atoms with E-state index in [-0.39, 0.29) is 18.3 Å². The van der Waals surface area contributed by atoms with Crippen molar-refractivity contribution in [1.82, 2.24) is 5.43 Å². The van der Waals surface area contributed by atoms with Gasteiger partial charge in [-0.2, -0.15) is 5.10 Å². The molecule has 0 aliphatic rings. The van der Waals surface area contributed by atoms with Crippen molar-refractivity contribution in [3.8, 4) is 17.2 Å². The number of esters is 1. The lowest BCUT2D eigenvalue weighted by Crippen LogP contribution is -2.24. The summed E-state index contributed by atoms with van der Waals surface area (Å²) in [7, 11) is 1.47. The molecule has 8 heteroatoms. The number of carbonyl (C=O) groups is 2. The Bertz CT molecular complexity index is 1180. The monoisotopic (exact) mass is 538 g/mol.